The van der Waals surface area contributed by atoms with Gasteiger partial charge in [-0.15, -0.1) is 0 Å². The van der Waals surface area contributed by atoms with E-state index in [1.54, 1.807) is 12.3 Å². The van der Waals surface area contributed by atoms with E-state index in [4.69, 9.17) is 5.73 Å². The molecule has 0 amide bonds. The van der Waals surface area contributed by atoms with Crippen molar-refractivity contribution in [3.63, 3.8) is 0 Å². The van der Waals surface area contributed by atoms with Crippen LogP contribution in [-0.2, 0) is 0 Å². The fourth-order valence-electron chi connectivity index (χ4n) is 1.18. The molecule has 0 saturated carbocycles. The van der Waals surface area contributed by atoms with Gasteiger partial charge in [0.1, 0.15) is 12.5 Å². The minimum absolute atomic E-state index is 0.564. The van der Waals surface area contributed by atoms with Crippen molar-refractivity contribution in [3.8, 4) is 0 Å². The number of rotatable bonds is 0. The molecule has 0 spiro atoms. The van der Waals surface area contributed by atoms with Crippen LogP contribution in [0, 0.1) is 0 Å². The molecule has 0 atom stereocenters. The molecule has 12 heavy (non-hydrogen) atoms. The molecule has 0 aromatic heterocycles. The van der Waals surface area contributed by atoms with Crippen LogP contribution < -0.4 is 11.1 Å². The summed E-state index contributed by atoms with van der Waals surface area (Å²) in [5.41, 5.74) is 5.73. The van der Waals surface area contributed by atoms with Crippen molar-refractivity contribution in [2.24, 2.45) is 15.7 Å². The summed E-state index contributed by atoms with van der Waals surface area (Å²) in [5.74, 6) is 1.53. The third kappa shape index (κ3) is 1.13. The molecular weight excluding hydrogens is 154 g/mol. The summed E-state index contributed by atoms with van der Waals surface area (Å²) in [5, 5.41) is 3.14. The number of allylic oxidation sites excluding steroid dienone is 1. The Bertz CT molecular complexity index is 265. The van der Waals surface area contributed by atoms with Gasteiger partial charge in [-0.25, -0.2) is 0 Å². The second-order valence-corrected chi connectivity index (χ2v) is 2.62. The molecule has 0 unspecified atom stereocenters. The van der Waals surface area contributed by atoms with Crippen molar-refractivity contribution < 1.29 is 0 Å². The number of hydrogen-bond acceptors (Lipinski definition) is 5. The molecule has 0 aliphatic carbocycles. The Kier molecular flexibility index (Phi) is 1.69. The maximum Gasteiger partial charge on any atom is 0.201 e. The van der Waals surface area contributed by atoms with E-state index in [1.807, 2.05) is 4.90 Å². The Morgan fingerprint density at radius 3 is 3.17 bits per heavy atom. The van der Waals surface area contributed by atoms with Gasteiger partial charge in [0.25, 0.3) is 0 Å². The fourth-order valence-corrected chi connectivity index (χ4v) is 1.18. The van der Waals surface area contributed by atoms with Crippen molar-refractivity contribution in [2.45, 2.75) is 0 Å². The molecule has 2 rings (SSSR count). The Balaban J connectivity index is 2.14. The molecule has 0 aromatic rings. The quantitative estimate of drug-likeness (QED) is 0.488. The van der Waals surface area contributed by atoms with Gasteiger partial charge in [0, 0.05) is 12.8 Å². The predicted octanol–water partition coefficient (Wildman–Crippen LogP) is -0.910. The van der Waals surface area contributed by atoms with Gasteiger partial charge in [-0.1, -0.05) is 0 Å². The van der Waals surface area contributed by atoms with Crippen LogP contribution in [0.3, 0.4) is 0 Å². The predicted molar refractivity (Wildman–Crippen MR) is 47.8 cm³/mol. The maximum absolute atomic E-state index is 5.73. The molecular formula is C7H11N5. The average Bonchev–Trinajstić information content (AvgIpc) is 2.57. The van der Waals surface area contributed by atoms with E-state index in [2.05, 4.69) is 15.3 Å². The van der Waals surface area contributed by atoms with Gasteiger partial charge in [0.15, 0.2) is 0 Å². The highest BCUT2D eigenvalue weighted by Gasteiger charge is 2.16. The Hall–Kier alpha value is -1.52. The zero-order valence-electron chi connectivity index (χ0n) is 6.70. The molecule has 0 bridgehead atoms. The first-order valence-electron chi connectivity index (χ1n) is 3.89. The van der Waals surface area contributed by atoms with Crippen LogP contribution >= 0.6 is 0 Å². The van der Waals surface area contributed by atoms with E-state index >= 15 is 0 Å². The zero-order valence-corrected chi connectivity index (χ0v) is 6.70. The zero-order chi connectivity index (χ0) is 8.39. The van der Waals surface area contributed by atoms with Gasteiger partial charge < -0.3 is 11.1 Å². The molecule has 2 aliphatic heterocycles. The smallest absolute Gasteiger partial charge is 0.201 e. The van der Waals surface area contributed by atoms with Gasteiger partial charge in [-0.05, 0) is 6.08 Å². The van der Waals surface area contributed by atoms with E-state index in [1.165, 1.54) is 0 Å². The number of guanidine groups is 1. The Labute approximate surface area is 70.7 Å². The molecule has 2 aliphatic rings. The van der Waals surface area contributed by atoms with Crippen LogP contribution in [0.1, 0.15) is 0 Å². The molecule has 0 fully saturated rings. The average molecular weight is 165 g/mol. The molecule has 5 nitrogen and oxygen atoms in total. The van der Waals surface area contributed by atoms with Crippen LogP contribution in [0.15, 0.2) is 21.9 Å². The first-order valence-corrected chi connectivity index (χ1v) is 3.89. The summed E-state index contributed by atoms with van der Waals surface area (Å²) in [6.45, 7) is 2.28. The largest absolute Gasteiger partial charge is 0.385 e. The summed E-state index contributed by atoms with van der Waals surface area (Å²) < 4.78 is 0. The van der Waals surface area contributed by atoms with Crippen LogP contribution in [0.5, 0.6) is 0 Å². The van der Waals surface area contributed by atoms with Crippen molar-refractivity contribution >= 4 is 12.2 Å². The third-order valence-electron chi connectivity index (χ3n) is 1.80. The maximum atomic E-state index is 5.73. The van der Waals surface area contributed by atoms with Gasteiger partial charge in [0.2, 0.25) is 5.96 Å². The van der Waals surface area contributed by atoms with Crippen molar-refractivity contribution in [1.29, 1.82) is 0 Å². The second-order valence-electron chi connectivity index (χ2n) is 2.62. The molecule has 2 heterocycles. The topological polar surface area (TPSA) is 66.0 Å². The Morgan fingerprint density at radius 1 is 1.58 bits per heavy atom. The van der Waals surface area contributed by atoms with Crippen molar-refractivity contribution in [3.05, 3.63) is 11.9 Å². The normalized spacial score (nSPS) is 21.8. The summed E-state index contributed by atoms with van der Waals surface area (Å²) >= 11 is 0. The van der Waals surface area contributed by atoms with Gasteiger partial charge in [-0.3, -0.25) is 14.9 Å². The minimum atomic E-state index is 0.564. The highest BCUT2D eigenvalue weighted by atomic mass is 15.4. The monoisotopic (exact) mass is 165 g/mol. The number of nitrogens with zero attached hydrogens (tertiary/aromatic N) is 3. The van der Waals surface area contributed by atoms with Crippen LogP contribution in [0.25, 0.3) is 0 Å². The summed E-state index contributed by atoms with van der Waals surface area (Å²) in [4.78, 5) is 10.2. The minimum Gasteiger partial charge on any atom is -0.385 e. The third-order valence-corrected chi connectivity index (χ3v) is 1.80. The van der Waals surface area contributed by atoms with Gasteiger partial charge in [0.05, 0.1) is 6.54 Å². The van der Waals surface area contributed by atoms with Gasteiger partial charge >= 0.3 is 0 Å². The number of nitrogens with one attached hydrogen (secondary N) is 1. The van der Waals surface area contributed by atoms with E-state index in [9.17, 15) is 0 Å². The van der Waals surface area contributed by atoms with Crippen LogP contribution in [0.2, 0.25) is 0 Å². The van der Waals surface area contributed by atoms with E-state index < -0.39 is 0 Å². The molecule has 0 saturated heterocycles. The lowest BCUT2D eigenvalue weighted by Crippen LogP contribution is -2.41. The highest BCUT2D eigenvalue weighted by molar-refractivity contribution is 5.85. The lowest BCUT2D eigenvalue weighted by atomic mass is 10.5. The number of hydrogen-bond donors (Lipinski definition) is 2. The summed E-state index contributed by atoms with van der Waals surface area (Å²) in [6.07, 6.45) is 3.48. The van der Waals surface area contributed by atoms with E-state index in [0.29, 0.717) is 12.5 Å². The van der Waals surface area contributed by atoms with Crippen LogP contribution in [-0.4, -0.2) is 36.8 Å². The van der Waals surface area contributed by atoms with Crippen molar-refractivity contribution in [2.75, 3.05) is 19.8 Å². The van der Waals surface area contributed by atoms with E-state index in [0.717, 1.165) is 19.0 Å². The lowest BCUT2D eigenvalue weighted by molar-refractivity contribution is 0.505. The summed E-state index contributed by atoms with van der Waals surface area (Å²) in [7, 11) is 0. The van der Waals surface area contributed by atoms with Crippen LogP contribution in [0.4, 0.5) is 0 Å². The Morgan fingerprint density at radius 2 is 2.50 bits per heavy atom. The number of aliphatic imine (C=N–C) groups is 2. The molecule has 3 N–H and O–H groups in total. The highest BCUT2D eigenvalue weighted by Crippen LogP contribution is 2.04. The molecule has 0 aromatic carbocycles. The fraction of sp³-hybridized carbons (Fsp3) is 0.429. The summed E-state index contributed by atoms with van der Waals surface area (Å²) in [6, 6.07) is 0. The first kappa shape index (κ1) is 7.15. The SMILES string of the molecule is NC1=CC=NCN1C1=NCCN1. The second kappa shape index (κ2) is 2.84. The molecule has 64 valence electrons. The molecule has 5 heteroatoms. The van der Waals surface area contributed by atoms with E-state index in [-0.39, 0.29) is 0 Å². The van der Waals surface area contributed by atoms with Crippen molar-refractivity contribution in [1.82, 2.24) is 10.2 Å². The lowest BCUT2D eigenvalue weighted by Gasteiger charge is -2.23. The first-order chi connectivity index (χ1) is 5.88. The van der Waals surface area contributed by atoms with Gasteiger partial charge in [-0.2, -0.15) is 0 Å². The standard InChI is InChI=1S/C7H11N5/c8-6-1-2-9-5-12(6)7-10-3-4-11-7/h1-2H,3-5,8H2,(H,10,11). The number of nitrogens with two attached hydrogens (primary N) is 1. The molecule has 0 radical (unpaired) electrons.